The second kappa shape index (κ2) is 8.31. The van der Waals surface area contributed by atoms with Crippen molar-refractivity contribution in [2.45, 2.75) is 26.4 Å². The first-order valence-electron chi connectivity index (χ1n) is 7.79. The van der Waals surface area contributed by atoms with Crippen LogP contribution in [-0.2, 0) is 13.0 Å². The maximum absolute atomic E-state index is 11.1. The molecule has 2 N–H and O–H groups in total. The second-order valence-electron chi connectivity index (χ2n) is 5.56. The molecule has 0 aromatic heterocycles. The molecule has 2 aromatic carbocycles. The average molecular weight is 330 g/mol. The quantitative estimate of drug-likeness (QED) is 0.592. The molecule has 24 heavy (non-hydrogen) atoms. The maximum Gasteiger partial charge on any atom is 0.310 e. The zero-order chi connectivity index (χ0) is 17.5. The Morgan fingerprint density at radius 3 is 2.62 bits per heavy atom. The number of hydrogen-bond acceptors (Lipinski definition) is 5. The summed E-state index contributed by atoms with van der Waals surface area (Å²) in [5.41, 5.74) is 8.40. The van der Waals surface area contributed by atoms with E-state index < -0.39 is 4.92 Å². The minimum atomic E-state index is -0.441. The van der Waals surface area contributed by atoms with Gasteiger partial charge in [-0.25, -0.2) is 0 Å². The third kappa shape index (κ3) is 4.45. The van der Waals surface area contributed by atoms with Crippen LogP contribution in [0, 0.1) is 17.0 Å². The van der Waals surface area contributed by atoms with Gasteiger partial charge in [0.25, 0.3) is 0 Å². The lowest BCUT2D eigenvalue weighted by atomic mass is 10.1. The number of methoxy groups -OCH3 is 1. The highest BCUT2D eigenvalue weighted by Crippen LogP contribution is 2.30. The number of rotatable bonds is 8. The minimum Gasteiger partial charge on any atom is -0.496 e. The van der Waals surface area contributed by atoms with Crippen LogP contribution in [0.25, 0.3) is 0 Å². The molecule has 6 nitrogen and oxygen atoms in total. The second-order valence-corrected chi connectivity index (χ2v) is 5.56. The molecule has 0 amide bonds. The summed E-state index contributed by atoms with van der Waals surface area (Å²) in [6.07, 6.45) is 1.77. The van der Waals surface area contributed by atoms with Crippen molar-refractivity contribution in [3.05, 3.63) is 63.2 Å². The van der Waals surface area contributed by atoms with E-state index in [0.717, 1.165) is 29.5 Å². The molecule has 0 atom stereocenters. The standard InChI is InChI=1S/C18H22N2O4/c1-13-5-7-16(20(21)22)18(10-13)24-12-15-11-14(4-3-9-19)6-8-17(15)23-2/h5-8,10-11H,3-4,9,12,19H2,1-2H3. The number of benzene rings is 2. The molecule has 0 fully saturated rings. The fourth-order valence-electron chi connectivity index (χ4n) is 2.45. The Kier molecular flexibility index (Phi) is 6.14. The molecule has 2 rings (SSSR count). The lowest BCUT2D eigenvalue weighted by molar-refractivity contribution is -0.386. The Balaban J connectivity index is 2.22. The minimum absolute atomic E-state index is 0.0427. The van der Waals surface area contributed by atoms with Crippen LogP contribution in [0.5, 0.6) is 11.5 Å². The van der Waals surface area contributed by atoms with Crippen molar-refractivity contribution in [1.82, 2.24) is 0 Å². The number of ether oxygens (including phenoxy) is 2. The Morgan fingerprint density at radius 1 is 1.17 bits per heavy atom. The monoisotopic (exact) mass is 330 g/mol. The van der Waals surface area contributed by atoms with Gasteiger partial charge in [0, 0.05) is 11.6 Å². The predicted octanol–water partition coefficient (Wildman–Crippen LogP) is 3.38. The number of nitro groups is 1. The van der Waals surface area contributed by atoms with Gasteiger partial charge in [-0.05, 0) is 55.6 Å². The van der Waals surface area contributed by atoms with Crippen LogP contribution in [0.15, 0.2) is 36.4 Å². The van der Waals surface area contributed by atoms with Gasteiger partial charge >= 0.3 is 5.69 Å². The summed E-state index contributed by atoms with van der Waals surface area (Å²) >= 11 is 0. The van der Waals surface area contributed by atoms with Gasteiger partial charge in [0.2, 0.25) is 0 Å². The Bertz CT molecular complexity index is 716. The molecular formula is C18H22N2O4. The fourth-order valence-corrected chi connectivity index (χ4v) is 2.45. The van der Waals surface area contributed by atoms with E-state index in [-0.39, 0.29) is 18.0 Å². The Hall–Kier alpha value is -2.60. The van der Waals surface area contributed by atoms with Crippen LogP contribution in [0.4, 0.5) is 5.69 Å². The van der Waals surface area contributed by atoms with Crippen LogP contribution < -0.4 is 15.2 Å². The highest BCUT2D eigenvalue weighted by atomic mass is 16.6. The van der Waals surface area contributed by atoms with Gasteiger partial charge in [-0.1, -0.05) is 12.1 Å². The molecule has 0 heterocycles. The highest BCUT2D eigenvalue weighted by Gasteiger charge is 2.16. The highest BCUT2D eigenvalue weighted by molar-refractivity contribution is 5.48. The first kappa shape index (κ1) is 17.7. The number of aryl methyl sites for hydroxylation is 2. The summed E-state index contributed by atoms with van der Waals surface area (Å²) in [5, 5.41) is 11.1. The largest absolute Gasteiger partial charge is 0.496 e. The van der Waals surface area contributed by atoms with Crippen LogP contribution in [0.2, 0.25) is 0 Å². The molecule has 0 radical (unpaired) electrons. The van der Waals surface area contributed by atoms with Gasteiger partial charge in [-0.3, -0.25) is 10.1 Å². The molecule has 0 saturated carbocycles. The molecule has 0 aliphatic heterocycles. The van der Waals surface area contributed by atoms with Gasteiger partial charge in [0.15, 0.2) is 5.75 Å². The average Bonchev–Trinajstić information content (AvgIpc) is 2.57. The van der Waals surface area contributed by atoms with Crippen molar-refractivity contribution < 1.29 is 14.4 Å². The summed E-state index contributed by atoms with van der Waals surface area (Å²) < 4.78 is 11.1. The lowest BCUT2D eigenvalue weighted by Gasteiger charge is -2.12. The maximum atomic E-state index is 11.1. The van der Waals surface area contributed by atoms with E-state index in [1.54, 1.807) is 19.2 Å². The van der Waals surface area contributed by atoms with Gasteiger partial charge in [-0.15, -0.1) is 0 Å². The summed E-state index contributed by atoms with van der Waals surface area (Å²) in [5.74, 6) is 0.955. The van der Waals surface area contributed by atoms with Crippen molar-refractivity contribution in [2.75, 3.05) is 13.7 Å². The Morgan fingerprint density at radius 2 is 1.96 bits per heavy atom. The number of nitrogens with zero attached hydrogens (tertiary/aromatic N) is 1. The molecule has 0 saturated heterocycles. The van der Waals surface area contributed by atoms with Crippen molar-refractivity contribution in [2.24, 2.45) is 5.73 Å². The van der Waals surface area contributed by atoms with Crippen LogP contribution in [-0.4, -0.2) is 18.6 Å². The molecule has 0 bridgehead atoms. The SMILES string of the molecule is COc1ccc(CCCN)cc1COc1cc(C)ccc1[N+](=O)[O-]. The van der Waals surface area contributed by atoms with Gasteiger partial charge in [0.1, 0.15) is 12.4 Å². The first-order valence-corrected chi connectivity index (χ1v) is 7.79. The lowest BCUT2D eigenvalue weighted by Crippen LogP contribution is -2.04. The van der Waals surface area contributed by atoms with E-state index in [9.17, 15) is 10.1 Å². The van der Waals surface area contributed by atoms with Crippen LogP contribution in [0.1, 0.15) is 23.1 Å². The first-order chi connectivity index (χ1) is 11.5. The third-order valence-corrected chi connectivity index (χ3v) is 3.71. The smallest absolute Gasteiger partial charge is 0.310 e. The topological polar surface area (TPSA) is 87.6 Å². The molecule has 0 aliphatic carbocycles. The molecule has 0 aliphatic rings. The fraction of sp³-hybridized carbons (Fsp3) is 0.333. The molecule has 0 unspecified atom stereocenters. The summed E-state index contributed by atoms with van der Waals surface area (Å²) in [6, 6.07) is 10.7. The van der Waals surface area contributed by atoms with E-state index >= 15 is 0 Å². The summed E-state index contributed by atoms with van der Waals surface area (Å²) in [6.45, 7) is 2.70. The van der Waals surface area contributed by atoms with Gasteiger partial charge in [-0.2, -0.15) is 0 Å². The van der Waals surface area contributed by atoms with Crippen molar-refractivity contribution in [1.29, 1.82) is 0 Å². The predicted molar refractivity (Wildman–Crippen MR) is 92.5 cm³/mol. The molecular weight excluding hydrogens is 308 g/mol. The number of hydrogen-bond donors (Lipinski definition) is 1. The Labute approximate surface area is 141 Å². The number of nitro benzene ring substituents is 1. The molecule has 0 spiro atoms. The molecule has 128 valence electrons. The van der Waals surface area contributed by atoms with E-state index in [1.807, 2.05) is 25.1 Å². The normalized spacial score (nSPS) is 10.5. The van der Waals surface area contributed by atoms with Crippen molar-refractivity contribution in [3.8, 4) is 11.5 Å². The van der Waals surface area contributed by atoms with Crippen LogP contribution in [0.3, 0.4) is 0 Å². The van der Waals surface area contributed by atoms with E-state index in [0.29, 0.717) is 12.3 Å². The van der Waals surface area contributed by atoms with E-state index in [2.05, 4.69) is 0 Å². The molecule has 2 aromatic rings. The van der Waals surface area contributed by atoms with E-state index in [4.69, 9.17) is 15.2 Å². The van der Waals surface area contributed by atoms with Crippen molar-refractivity contribution >= 4 is 5.69 Å². The molecule has 6 heteroatoms. The third-order valence-electron chi connectivity index (χ3n) is 3.71. The zero-order valence-electron chi connectivity index (χ0n) is 14.0. The zero-order valence-corrected chi connectivity index (χ0v) is 14.0. The van der Waals surface area contributed by atoms with Crippen LogP contribution >= 0.6 is 0 Å². The summed E-state index contributed by atoms with van der Waals surface area (Å²) in [4.78, 5) is 10.7. The van der Waals surface area contributed by atoms with E-state index in [1.165, 1.54) is 6.07 Å². The van der Waals surface area contributed by atoms with Crippen molar-refractivity contribution in [3.63, 3.8) is 0 Å². The number of nitrogens with two attached hydrogens (primary N) is 1. The summed E-state index contributed by atoms with van der Waals surface area (Å²) in [7, 11) is 1.59. The van der Waals surface area contributed by atoms with Gasteiger partial charge in [0.05, 0.1) is 12.0 Å². The van der Waals surface area contributed by atoms with Gasteiger partial charge < -0.3 is 15.2 Å².